The van der Waals surface area contributed by atoms with Gasteiger partial charge in [-0.2, -0.15) is 4.98 Å². The third-order valence-corrected chi connectivity index (χ3v) is 3.01. The molecular weight excluding hydrogens is 254 g/mol. The van der Waals surface area contributed by atoms with E-state index in [0.717, 1.165) is 16.9 Å². The molecular formula is C14H9N5O. The average molecular weight is 263 g/mol. The first-order valence-electron chi connectivity index (χ1n) is 6.10. The number of hydrogen-bond donors (Lipinski definition) is 0. The van der Waals surface area contributed by atoms with Crippen molar-refractivity contribution in [3.05, 3.63) is 54.9 Å². The first-order valence-corrected chi connectivity index (χ1v) is 6.10. The van der Waals surface area contributed by atoms with Crippen molar-refractivity contribution in [1.29, 1.82) is 0 Å². The van der Waals surface area contributed by atoms with Gasteiger partial charge in [0.2, 0.25) is 5.82 Å². The molecule has 0 aliphatic heterocycles. The molecule has 96 valence electrons. The second-order valence-electron chi connectivity index (χ2n) is 4.26. The van der Waals surface area contributed by atoms with E-state index in [-0.39, 0.29) is 0 Å². The number of rotatable bonds is 2. The number of nitrogens with zero attached hydrogens (tertiary/aromatic N) is 5. The van der Waals surface area contributed by atoms with Crippen LogP contribution in [0.2, 0.25) is 0 Å². The summed E-state index contributed by atoms with van der Waals surface area (Å²) < 4.78 is 7.15. The summed E-state index contributed by atoms with van der Waals surface area (Å²) in [6.45, 7) is 0. The lowest BCUT2D eigenvalue weighted by atomic mass is 10.2. The molecule has 0 aliphatic carbocycles. The van der Waals surface area contributed by atoms with E-state index in [4.69, 9.17) is 4.52 Å². The van der Waals surface area contributed by atoms with E-state index in [1.54, 1.807) is 6.33 Å². The molecule has 0 saturated carbocycles. The van der Waals surface area contributed by atoms with Crippen LogP contribution in [0.5, 0.6) is 0 Å². The SMILES string of the molecule is c1ccc(-c2noc(-c3cccc4nncn34)n2)cc1. The lowest BCUT2D eigenvalue weighted by Crippen LogP contribution is -1.90. The van der Waals surface area contributed by atoms with Crippen LogP contribution in [0.25, 0.3) is 28.6 Å². The van der Waals surface area contributed by atoms with Crippen molar-refractivity contribution in [3.63, 3.8) is 0 Å². The van der Waals surface area contributed by atoms with Gasteiger partial charge < -0.3 is 4.52 Å². The molecule has 0 fully saturated rings. The van der Waals surface area contributed by atoms with Crippen LogP contribution in [-0.4, -0.2) is 24.7 Å². The van der Waals surface area contributed by atoms with Crippen molar-refractivity contribution in [2.24, 2.45) is 0 Å². The van der Waals surface area contributed by atoms with Gasteiger partial charge in [-0.25, -0.2) is 0 Å². The maximum absolute atomic E-state index is 5.35. The number of pyridine rings is 1. The zero-order chi connectivity index (χ0) is 13.4. The second kappa shape index (κ2) is 4.27. The smallest absolute Gasteiger partial charge is 0.275 e. The number of hydrogen-bond acceptors (Lipinski definition) is 5. The highest BCUT2D eigenvalue weighted by Crippen LogP contribution is 2.22. The van der Waals surface area contributed by atoms with Crippen LogP contribution in [0.3, 0.4) is 0 Å². The number of fused-ring (bicyclic) bond motifs is 1. The van der Waals surface area contributed by atoms with Crippen molar-refractivity contribution in [2.45, 2.75) is 0 Å². The van der Waals surface area contributed by atoms with Gasteiger partial charge in [0.1, 0.15) is 12.0 Å². The van der Waals surface area contributed by atoms with E-state index in [1.165, 1.54) is 0 Å². The van der Waals surface area contributed by atoms with E-state index in [9.17, 15) is 0 Å². The minimum Gasteiger partial charge on any atom is -0.332 e. The van der Waals surface area contributed by atoms with Crippen molar-refractivity contribution < 1.29 is 4.52 Å². The van der Waals surface area contributed by atoms with E-state index in [2.05, 4.69) is 20.3 Å². The molecule has 0 radical (unpaired) electrons. The van der Waals surface area contributed by atoms with Crippen molar-refractivity contribution in [1.82, 2.24) is 24.7 Å². The van der Waals surface area contributed by atoms with Gasteiger partial charge in [0.25, 0.3) is 5.89 Å². The lowest BCUT2D eigenvalue weighted by molar-refractivity contribution is 0.430. The molecule has 0 atom stereocenters. The van der Waals surface area contributed by atoms with Gasteiger partial charge in [0.05, 0.1) is 0 Å². The zero-order valence-corrected chi connectivity index (χ0v) is 10.3. The Hall–Kier alpha value is -3.02. The first kappa shape index (κ1) is 10.9. The highest BCUT2D eigenvalue weighted by Gasteiger charge is 2.13. The van der Waals surface area contributed by atoms with Gasteiger partial charge in [-0.3, -0.25) is 4.40 Å². The minimum absolute atomic E-state index is 0.439. The highest BCUT2D eigenvalue weighted by molar-refractivity contribution is 5.59. The summed E-state index contributed by atoms with van der Waals surface area (Å²) in [5, 5.41) is 11.9. The Kier molecular flexibility index (Phi) is 2.32. The third-order valence-electron chi connectivity index (χ3n) is 3.01. The minimum atomic E-state index is 0.439. The fraction of sp³-hybridized carbons (Fsp3) is 0. The third kappa shape index (κ3) is 1.66. The van der Waals surface area contributed by atoms with Crippen LogP contribution < -0.4 is 0 Å². The van der Waals surface area contributed by atoms with Gasteiger partial charge in [0.15, 0.2) is 5.65 Å². The Morgan fingerprint density at radius 1 is 0.950 bits per heavy atom. The molecule has 20 heavy (non-hydrogen) atoms. The predicted octanol–water partition coefficient (Wildman–Crippen LogP) is 2.45. The largest absolute Gasteiger partial charge is 0.332 e. The fourth-order valence-electron chi connectivity index (χ4n) is 2.06. The summed E-state index contributed by atoms with van der Waals surface area (Å²) >= 11 is 0. The van der Waals surface area contributed by atoms with Crippen molar-refractivity contribution >= 4 is 5.65 Å². The highest BCUT2D eigenvalue weighted by atomic mass is 16.5. The Morgan fingerprint density at radius 3 is 2.75 bits per heavy atom. The fourth-order valence-corrected chi connectivity index (χ4v) is 2.06. The topological polar surface area (TPSA) is 69.1 Å². The molecule has 0 aliphatic rings. The van der Waals surface area contributed by atoms with Gasteiger partial charge in [-0.15, -0.1) is 10.2 Å². The quantitative estimate of drug-likeness (QED) is 0.555. The predicted molar refractivity (Wildman–Crippen MR) is 71.7 cm³/mol. The Balaban J connectivity index is 1.84. The van der Waals surface area contributed by atoms with Gasteiger partial charge in [-0.1, -0.05) is 41.6 Å². The molecule has 6 heteroatoms. The Morgan fingerprint density at radius 2 is 1.85 bits per heavy atom. The molecule has 0 bridgehead atoms. The van der Waals surface area contributed by atoms with E-state index in [0.29, 0.717) is 11.7 Å². The summed E-state index contributed by atoms with van der Waals surface area (Å²) in [6.07, 6.45) is 1.62. The molecule has 3 heterocycles. The van der Waals surface area contributed by atoms with E-state index >= 15 is 0 Å². The van der Waals surface area contributed by atoms with Crippen LogP contribution in [0.15, 0.2) is 59.4 Å². The molecule has 0 N–H and O–H groups in total. The molecule has 0 unspecified atom stereocenters. The Labute approximate surface area is 113 Å². The molecule has 3 aromatic heterocycles. The second-order valence-corrected chi connectivity index (χ2v) is 4.26. The number of aromatic nitrogens is 5. The summed E-state index contributed by atoms with van der Waals surface area (Å²) in [5.74, 6) is 1.000. The molecule has 0 amide bonds. The van der Waals surface area contributed by atoms with Crippen molar-refractivity contribution in [3.8, 4) is 23.0 Å². The summed E-state index contributed by atoms with van der Waals surface area (Å²) in [7, 11) is 0. The summed E-state index contributed by atoms with van der Waals surface area (Å²) in [5.41, 5.74) is 2.42. The molecule has 4 rings (SSSR count). The molecule has 1 aromatic carbocycles. The molecule has 0 saturated heterocycles. The van der Waals surface area contributed by atoms with E-state index < -0.39 is 0 Å². The van der Waals surface area contributed by atoms with Gasteiger partial charge >= 0.3 is 0 Å². The van der Waals surface area contributed by atoms with Crippen LogP contribution >= 0.6 is 0 Å². The van der Waals surface area contributed by atoms with Gasteiger partial charge in [0, 0.05) is 5.56 Å². The van der Waals surface area contributed by atoms with E-state index in [1.807, 2.05) is 52.9 Å². The van der Waals surface area contributed by atoms with Crippen LogP contribution in [0.1, 0.15) is 0 Å². The molecule has 6 nitrogen and oxygen atoms in total. The Bertz CT molecular complexity index is 865. The van der Waals surface area contributed by atoms with Crippen LogP contribution in [0, 0.1) is 0 Å². The average Bonchev–Trinajstić information content (AvgIpc) is 3.17. The first-order chi connectivity index (χ1) is 9.92. The van der Waals surface area contributed by atoms with Gasteiger partial charge in [-0.05, 0) is 12.1 Å². The molecule has 4 aromatic rings. The maximum atomic E-state index is 5.35. The number of benzene rings is 1. The zero-order valence-electron chi connectivity index (χ0n) is 10.3. The monoisotopic (exact) mass is 263 g/mol. The van der Waals surface area contributed by atoms with Crippen molar-refractivity contribution in [2.75, 3.05) is 0 Å². The normalized spacial score (nSPS) is 11.0. The summed E-state index contributed by atoms with van der Waals surface area (Å²) in [4.78, 5) is 4.43. The standard InChI is InChI=1S/C14H9N5O/c1-2-5-10(6-3-1)13-16-14(20-18-13)11-7-4-8-12-17-15-9-19(11)12/h1-9H. The van der Waals surface area contributed by atoms with Crippen LogP contribution in [0.4, 0.5) is 0 Å². The molecule has 0 spiro atoms. The van der Waals surface area contributed by atoms with Crippen LogP contribution in [-0.2, 0) is 0 Å². The summed E-state index contributed by atoms with van der Waals surface area (Å²) in [6, 6.07) is 15.3. The lowest BCUT2D eigenvalue weighted by Gasteiger charge is -1.97. The maximum Gasteiger partial charge on any atom is 0.275 e.